The van der Waals surface area contributed by atoms with Gasteiger partial charge in [-0.05, 0) is 12.1 Å². The number of para-hydroxylation sites is 1. The Morgan fingerprint density at radius 1 is 0.824 bits per heavy atom. The molecule has 2 aromatic rings. The number of hydrogen-bond donors (Lipinski definition) is 0. The molecule has 0 radical (unpaired) electrons. The third-order valence-electron chi connectivity index (χ3n) is 4.79. The zero-order valence-electron chi connectivity index (χ0n) is 19.1. The van der Waals surface area contributed by atoms with Gasteiger partial charge in [-0.1, -0.05) is 18.2 Å². The fraction of sp³-hybridized carbons (Fsp3) is 0.435. The van der Waals surface area contributed by atoms with Gasteiger partial charge >= 0.3 is 23.9 Å². The number of esters is 4. The van der Waals surface area contributed by atoms with E-state index in [4.69, 9.17) is 28.4 Å². The van der Waals surface area contributed by atoms with Gasteiger partial charge in [0.05, 0.1) is 0 Å². The van der Waals surface area contributed by atoms with E-state index in [2.05, 4.69) is 4.98 Å². The van der Waals surface area contributed by atoms with Crippen molar-refractivity contribution < 1.29 is 47.6 Å². The van der Waals surface area contributed by atoms with Crippen LogP contribution in [-0.4, -0.2) is 66.2 Å². The van der Waals surface area contributed by atoms with E-state index in [0.717, 1.165) is 26.2 Å². The van der Waals surface area contributed by atoms with E-state index in [1.54, 1.807) is 24.4 Å². The Balaban J connectivity index is 2.03. The zero-order chi connectivity index (χ0) is 24.8. The van der Waals surface area contributed by atoms with Gasteiger partial charge in [0, 0.05) is 39.3 Å². The number of ether oxygens (including phenoxy) is 6. The minimum atomic E-state index is -1.33. The summed E-state index contributed by atoms with van der Waals surface area (Å²) in [6.07, 6.45) is -4.73. The van der Waals surface area contributed by atoms with Crippen molar-refractivity contribution in [2.75, 3.05) is 6.61 Å². The second-order valence-corrected chi connectivity index (χ2v) is 7.52. The Morgan fingerprint density at radius 3 is 2.09 bits per heavy atom. The molecule has 1 saturated heterocycles. The molecule has 1 aromatic carbocycles. The van der Waals surface area contributed by atoms with Gasteiger partial charge in [0.25, 0.3) is 0 Å². The number of rotatable bonds is 7. The summed E-state index contributed by atoms with van der Waals surface area (Å²) < 4.78 is 33.2. The van der Waals surface area contributed by atoms with Crippen LogP contribution in [0.25, 0.3) is 10.9 Å². The Labute approximate surface area is 195 Å². The number of carbonyl (C=O) groups is 4. The molecule has 34 heavy (non-hydrogen) atoms. The molecule has 0 spiro atoms. The smallest absolute Gasteiger partial charge is 0.303 e. The van der Waals surface area contributed by atoms with Crippen LogP contribution < -0.4 is 4.74 Å². The fourth-order valence-corrected chi connectivity index (χ4v) is 3.58. The van der Waals surface area contributed by atoms with Crippen molar-refractivity contribution in [3.63, 3.8) is 0 Å². The van der Waals surface area contributed by atoms with Gasteiger partial charge in [0.2, 0.25) is 12.4 Å². The summed E-state index contributed by atoms with van der Waals surface area (Å²) in [5.41, 5.74) is 0.512. The molecule has 0 aliphatic carbocycles. The van der Waals surface area contributed by atoms with E-state index >= 15 is 0 Å². The number of fused-ring (bicyclic) bond motifs is 1. The number of aromatic nitrogens is 1. The summed E-state index contributed by atoms with van der Waals surface area (Å²) in [6.45, 7) is 4.32. The van der Waals surface area contributed by atoms with E-state index in [-0.39, 0.29) is 6.61 Å². The molecule has 182 valence electrons. The number of nitrogens with zero attached hydrogens (tertiary/aromatic N) is 1. The topological polar surface area (TPSA) is 137 Å². The van der Waals surface area contributed by atoms with Gasteiger partial charge in [0.1, 0.15) is 24.0 Å². The maximum Gasteiger partial charge on any atom is 0.303 e. The van der Waals surface area contributed by atoms with Gasteiger partial charge in [-0.3, -0.25) is 24.2 Å². The summed E-state index contributed by atoms with van der Waals surface area (Å²) in [6, 6.07) is 8.82. The first-order chi connectivity index (χ1) is 16.2. The molecule has 11 nitrogen and oxygen atoms in total. The molecule has 2 heterocycles. The van der Waals surface area contributed by atoms with Crippen molar-refractivity contribution in [3.8, 4) is 5.75 Å². The van der Waals surface area contributed by atoms with Crippen molar-refractivity contribution in [2.24, 2.45) is 0 Å². The maximum atomic E-state index is 11.9. The number of carbonyl (C=O) groups excluding carboxylic acids is 4. The fourth-order valence-electron chi connectivity index (χ4n) is 3.58. The lowest BCUT2D eigenvalue weighted by molar-refractivity contribution is -0.288. The Hall–Kier alpha value is -3.73. The SMILES string of the molecule is CC(=O)OC[C@H]1O[C@@H](Oc2cccc3cccnc23)[C@H](OC(C)=O)[C@@H](OC(C)=O)[C@@H]1OC(C)=O. The average Bonchev–Trinajstić information content (AvgIpc) is 2.75. The molecule has 0 amide bonds. The van der Waals surface area contributed by atoms with Gasteiger partial charge in [-0.2, -0.15) is 0 Å². The van der Waals surface area contributed by atoms with Crippen LogP contribution in [0.15, 0.2) is 36.5 Å². The van der Waals surface area contributed by atoms with Gasteiger partial charge < -0.3 is 28.4 Å². The molecule has 0 unspecified atom stereocenters. The van der Waals surface area contributed by atoms with Crippen molar-refractivity contribution in [1.29, 1.82) is 0 Å². The van der Waals surface area contributed by atoms with Gasteiger partial charge in [-0.25, -0.2) is 0 Å². The lowest BCUT2D eigenvalue weighted by Gasteiger charge is -2.43. The minimum absolute atomic E-state index is 0.305. The molecular weight excluding hydrogens is 450 g/mol. The van der Waals surface area contributed by atoms with E-state index in [0.29, 0.717) is 11.3 Å². The van der Waals surface area contributed by atoms with E-state index in [9.17, 15) is 19.2 Å². The van der Waals surface area contributed by atoms with E-state index in [1.165, 1.54) is 6.92 Å². The standard InChI is InChI=1S/C23H25NO10/c1-12(25)29-11-18-20(30-13(2)26)21(31-14(3)27)22(32-15(4)28)23(34-18)33-17-9-5-7-16-8-6-10-24-19(16)17/h5-10,18,20-23H,11H2,1-4H3/t18-,20-,21+,22-,23-/m1/s1. The van der Waals surface area contributed by atoms with Crippen molar-refractivity contribution in [1.82, 2.24) is 4.98 Å². The normalized spacial score (nSPS) is 24.1. The minimum Gasteiger partial charge on any atom is -0.463 e. The average molecular weight is 475 g/mol. The van der Waals surface area contributed by atoms with Crippen LogP contribution in [0.5, 0.6) is 5.75 Å². The first kappa shape index (κ1) is 24.9. The molecule has 1 aromatic heterocycles. The molecular formula is C23H25NO10. The summed E-state index contributed by atoms with van der Waals surface area (Å²) >= 11 is 0. The van der Waals surface area contributed by atoms with Crippen molar-refractivity contribution >= 4 is 34.8 Å². The molecule has 1 aliphatic rings. The zero-order valence-corrected chi connectivity index (χ0v) is 19.1. The molecule has 5 atom stereocenters. The van der Waals surface area contributed by atoms with Crippen LogP contribution in [-0.2, 0) is 42.9 Å². The predicted octanol–water partition coefficient (Wildman–Crippen LogP) is 1.70. The highest BCUT2D eigenvalue weighted by atomic mass is 16.7. The third-order valence-corrected chi connectivity index (χ3v) is 4.79. The maximum absolute atomic E-state index is 11.9. The van der Waals surface area contributed by atoms with E-state index in [1.807, 2.05) is 12.1 Å². The summed E-state index contributed by atoms with van der Waals surface area (Å²) in [5.74, 6) is -2.45. The van der Waals surface area contributed by atoms with Gasteiger partial charge in [-0.15, -0.1) is 0 Å². The molecule has 0 saturated carbocycles. The van der Waals surface area contributed by atoms with Crippen LogP contribution >= 0.6 is 0 Å². The molecule has 1 fully saturated rings. The van der Waals surface area contributed by atoms with Crippen molar-refractivity contribution in [2.45, 2.75) is 58.4 Å². The highest BCUT2D eigenvalue weighted by molar-refractivity contribution is 5.84. The van der Waals surface area contributed by atoms with Gasteiger partial charge in [0.15, 0.2) is 12.2 Å². The lowest BCUT2D eigenvalue weighted by Crippen LogP contribution is -2.63. The third kappa shape index (κ3) is 6.19. The Bertz CT molecular complexity index is 1070. The Morgan fingerprint density at radius 2 is 1.44 bits per heavy atom. The second-order valence-electron chi connectivity index (χ2n) is 7.52. The summed E-state index contributed by atoms with van der Waals surface area (Å²) in [5, 5.41) is 0.783. The molecule has 0 N–H and O–H groups in total. The van der Waals surface area contributed by atoms with Crippen LogP contribution in [0.1, 0.15) is 27.7 Å². The number of pyridine rings is 1. The largest absolute Gasteiger partial charge is 0.463 e. The van der Waals surface area contributed by atoms with E-state index < -0.39 is 54.6 Å². The monoisotopic (exact) mass is 475 g/mol. The Kier molecular flexibility index (Phi) is 8.00. The number of benzene rings is 1. The molecule has 11 heteroatoms. The molecule has 1 aliphatic heterocycles. The first-order valence-electron chi connectivity index (χ1n) is 10.5. The second kappa shape index (κ2) is 10.9. The summed E-state index contributed by atoms with van der Waals surface area (Å²) in [4.78, 5) is 51.4. The first-order valence-corrected chi connectivity index (χ1v) is 10.5. The highest BCUT2D eigenvalue weighted by Gasteiger charge is 2.53. The summed E-state index contributed by atoms with van der Waals surface area (Å²) in [7, 11) is 0. The lowest BCUT2D eigenvalue weighted by atomic mass is 9.98. The molecule has 3 rings (SSSR count). The highest BCUT2D eigenvalue weighted by Crippen LogP contribution is 2.32. The quantitative estimate of drug-likeness (QED) is 0.427. The van der Waals surface area contributed by atoms with Crippen molar-refractivity contribution in [3.05, 3.63) is 36.5 Å². The molecule has 0 bridgehead atoms. The van der Waals surface area contributed by atoms with Crippen LogP contribution in [0, 0.1) is 0 Å². The predicted molar refractivity (Wildman–Crippen MR) is 114 cm³/mol. The van der Waals surface area contributed by atoms with Crippen LogP contribution in [0.2, 0.25) is 0 Å². The number of hydrogen-bond acceptors (Lipinski definition) is 11. The van der Waals surface area contributed by atoms with Crippen LogP contribution in [0.4, 0.5) is 0 Å². The van der Waals surface area contributed by atoms with Crippen LogP contribution in [0.3, 0.4) is 0 Å².